The summed E-state index contributed by atoms with van der Waals surface area (Å²) >= 11 is 8.99. The van der Waals surface area contributed by atoms with Crippen molar-refractivity contribution in [2.75, 3.05) is 0 Å². The third kappa shape index (κ3) is 2.15. The third-order valence-electron chi connectivity index (χ3n) is 2.71. The van der Waals surface area contributed by atoms with Crippen LogP contribution < -0.4 is 0 Å². The first-order valence-corrected chi connectivity index (χ1v) is 7.49. The van der Waals surface area contributed by atoms with Gasteiger partial charge in [0.1, 0.15) is 11.5 Å². The Kier molecular flexibility index (Phi) is 3.62. The molecule has 1 nitrogen and oxygen atoms in total. The fourth-order valence-corrected chi connectivity index (χ4v) is 4.30. The summed E-state index contributed by atoms with van der Waals surface area (Å²) in [5, 5.41) is 0. The summed E-state index contributed by atoms with van der Waals surface area (Å²) in [6, 6.07) is 4.21. The van der Waals surface area contributed by atoms with Crippen LogP contribution in [0.4, 0.5) is 0 Å². The maximum absolute atomic E-state index is 5.66. The molecule has 0 aliphatic carbocycles. The van der Waals surface area contributed by atoms with Gasteiger partial charge in [0, 0.05) is 10.4 Å². The lowest BCUT2D eigenvalue weighted by molar-refractivity contribution is 0.500. The van der Waals surface area contributed by atoms with Crippen LogP contribution in [-0.4, -0.2) is 0 Å². The van der Waals surface area contributed by atoms with E-state index in [4.69, 9.17) is 4.42 Å². The van der Waals surface area contributed by atoms with Crippen LogP contribution in [0.3, 0.4) is 0 Å². The van der Waals surface area contributed by atoms with Gasteiger partial charge in [-0.1, -0.05) is 15.9 Å². The number of thiophene rings is 1. The van der Waals surface area contributed by atoms with Crippen LogP contribution in [0.15, 0.2) is 20.3 Å². The molecule has 0 fully saturated rings. The van der Waals surface area contributed by atoms with E-state index in [0.717, 1.165) is 15.3 Å². The Bertz CT molecular complexity index is 513. The van der Waals surface area contributed by atoms with Gasteiger partial charge in [-0.3, -0.25) is 0 Å². The van der Waals surface area contributed by atoms with E-state index in [2.05, 4.69) is 50.9 Å². The van der Waals surface area contributed by atoms with Gasteiger partial charge < -0.3 is 4.42 Å². The maximum atomic E-state index is 5.66. The molecular formula is C12H12Br2OS. The average molecular weight is 364 g/mol. The molecule has 2 aromatic heterocycles. The highest BCUT2D eigenvalue weighted by Gasteiger charge is 2.21. The summed E-state index contributed by atoms with van der Waals surface area (Å²) in [4.78, 5) is 1.51. The number of hydrogen-bond donors (Lipinski definition) is 0. The fraction of sp³-hybridized carbons (Fsp3) is 0.333. The topological polar surface area (TPSA) is 13.1 Å². The predicted octanol–water partition coefficient (Wildman–Crippen LogP) is 5.51. The zero-order valence-corrected chi connectivity index (χ0v) is 13.3. The Hall–Kier alpha value is -0.0600. The first-order valence-electron chi connectivity index (χ1n) is 4.96. The SMILES string of the molecule is Cc1oc(C)c(C(Br)c2ccc(Br)s2)c1C. The van der Waals surface area contributed by atoms with Crippen molar-refractivity contribution in [3.8, 4) is 0 Å². The van der Waals surface area contributed by atoms with Gasteiger partial charge in [0.05, 0.1) is 8.61 Å². The quantitative estimate of drug-likeness (QED) is 0.641. The van der Waals surface area contributed by atoms with Crippen LogP contribution in [0.5, 0.6) is 0 Å². The second kappa shape index (κ2) is 4.67. The number of rotatable bonds is 2. The zero-order valence-electron chi connectivity index (χ0n) is 9.30. The molecule has 2 rings (SSSR count). The smallest absolute Gasteiger partial charge is 0.106 e. The molecule has 86 valence electrons. The highest BCUT2D eigenvalue weighted by molar-refractivity contribution is 9.11. The van der Waals surface area contributed by atoms with Crippen molar-refractivity contribution in [3.63, 3.8) is 0 Å². The summed E-state index contributed by atoms with van der Waals surface area (Å²) in [5.74, 6) is 2.01. The Labute approximate surface area is 116 Å². The van der Waals surface area contributed by atoms with Crippen molar-refractivity contribution < 1.29 is 4.42 Å². The summed E-state index contributed by atoms with van der Waals surface area (Å²) in [7, 11) is 0. The van der Waals surface area contributed by atoms with Crippen molar-refractivity contribution in [2.24, 2.45) is 0 Å². The van der Waals surface area contributed by atoms with Crippen molar-refractivity contribution in [3.05, 3.63) is 43.4 Å². The first-order chi connectivity index (χ1) is 7.50. The monoisotopic (exact) mass is 362 g/mol. The minimum Gasteiger partial charge on any atom is -0.466 e. The van der Waals surface area contributed by atoms with Gasteiger partial charge in [0.2, 0.25) is 0 Å². The van der Waals surface area contributed by atoms with E-state index in [1.54, 1.807) is 11.3 Å². The van der Waals surface area contributed by atoms with Crippen LogP contribution in [0.25, 0.3) is 0 Å². The zero-order chi connectivity index (χ0) is 11.9. The summed E-state index contributed by atoms with van der Waals surface area (Å²) in [5.41, 5.74) is 2.50. The second-order valence-corrected chi connectivity index (χ2v) is 7.17. The molecule has 2 aromatic rings. The van der Waals surface area contributed by atoms with Gasteiger partial charge in [0.15, 0.2) is 0 Å². The van der Waals surface area contributed by atoms with Crippen molar-refractivity contribution in [1.29, 1.82) is 0 Å². The van der Waals surface area contributed by atoms with E-state index < -0.39 is 0 Å². The third-order valence-corrected chi connectivity index (χ3v) is 5.66. The van der Waals surface area contributed by atoms with Crippen LogP contribution >= 0.6 is 43.2 Å². The lowest BCUT2D eigenvalue weighted by atomic mass is 10.1. The van der Waals surface area contributed by atoms with Crippen LogP contribution in [-0.2, 0) is 0 Å². The van der Waals surface area contributed by atoms with Crippen LogP contribution in [0.2, 0.25) is 0 Å². The van der Waals surface area contributed by atoms with E-state index in [-0.39, 0.29) is 4.83 Å². The first kappa shape index (κ1) is 12.4. The lowest BCUT2D eigenvalue weighted by Crippen LogP contribution is -1.92. The largest absolute Gasteiger partial charge is 0.466 e. The molecule has 0 aliphatic rings. The highest BCUT2D eigenvalue weighted by Crippen LogP contribution is 2.41. The molecule has 0 radical (unpaired) electrons. The molecule has 0 bridgehead atoms. The van der Waals surface area contributed by atoms with E-state index in [0.29, 0.717) is 0 Å². The number of aryl methyl sites for hydroxylation is 2. The van der Waals surface area contributed by atoms with Crippen molar-refractivity contribution in [1.82, 2.24) is 0 Å². The summed E-state index contributed by atoms with van der Waals surface area (Å²) in [6.07, 6.45) is 0. The van der Waals surface area contributed by atoms with E-state index in [9.17, 15) is 0 Å². The standard InChI is InChI=1S/C12H12Br2OS/c1-6-7(2)15-8(3)11(6)12(14)9-4-5-10(13)16-9/h4-5,12H,1-3H3. The molecule has 0 N–H and O–H groups in total. The lowest BCUT2D eigenvalue weighted by Gasteiger charge is -2.07. The van der Waals surface area contributed by atoms with E-state index >= 15 is 0 Å². The summed E-state index contributed by atoms with van der Waals surface area (Å²) < 4.78 is 6.81. The molecule has 1 unspecified atom stereocenters. The van der Waals surface area contributed by atoms with Crippen LogP contribution in [0.1, 0.15) is 32.4 Å². The predicted molar refractivity (Wildman–Crippen MR) is 75.7 cm³/mol. The molecule has 0 aromatic carbocycles. The molecule has 0 amide bonds. The average Bonchev–Trinajstić information content (AvgIpc) is 2.73. The molecule has 0 aliphatic heterocycles. The molecule has 0 saturated carbocycles. The molecule has 0 spiro atoms. The highest BCUT2D eigenvalue weighted by atomic mass is 79.9. The number of halogens is 2. The molecule has 16 heavy (non-hydrogen) atoms. The molecule has 1 atom stereocenters. The van der Waals surface area contributed by atoms with Crippen molar-refractivity contribution >= 4 is 43.2 Å². The fourth-order valence-electron chi connectivity index (χ4n) is 1.79. The Morgan fingerprint density at radius 3 is 2.31 bits per heavy atom. The Morgan fingerprint density at radius 2 is 1.88 bits per heavy atom. The molecule has 0 saturated heterocycles. The second-order valence-electron chi connectivity index (χ2n) is 3.76. The van der Waals surface area contributed by atoms with Gasteiger partial charge in [-0.2, -0.15) is 0 Å². The molecular weight excluding hydrogens is 352 g/mol. The van der Waals surface area contributed by atoms with Crippen molar-refractivity contribution in [2.45, 2.75) is 25.6 Å². The van der Waals surface area contributed by atoms with Gasteiger partial charge in [-0.25, -0.2) is 0 Å². The van der Waals surface area contributed by atoms with Crippen LogP contribution in [0, 0.1) is 20.8 Å². The Morgan fingerprint density at radius 1 is 1.19 bits per heavy atom. The van der Waals surface area contributed by atoms with Gasteiger partial charge >= 0.3 is 0 Å². The summed E-state index contributed by atoms with van der Waals surface area (Å²) in [6.45, 7) is 6.14. The molecule has 2 heterocycles. The van der Waals surface area contributed by atoms with E-state index in [1.807, 2.05) is 13.8 Å². The van der Waals surface area contributed by atoms with E-state index in [1.165, 1.54) is 16.0 Å². The maximum Gasteiger partial charge on any atom is 0.106 e. The van der Waals surface area contributed by atoms with Gasteiger partial charge in [-0.15, -0.1) is 11.3 Å². The molecule has 4 heteroatoms. The minimum absolute atomic E-state index is 0.223. The number of alkyl halides is 1. The number of hydrogen-bond acceptors (Lipinski definition) is 2. The van der Waals surface area contributed by atoms with Gasteiger partial charge in [-0.05, 0) is 54.4 Å². The number of furan rings is 1. The van der Waals surface area contributed by atoms with Gasteiger partial charge in [0.25, 0.3) is 0 Å². The normalized spacial score (nSPS) is 13.1. The minimum atomic E-state index is 0.223. The Balaban J connectivity index is 2.44.